The van der Waals surface area contributed by atoms with E-state index in [0.717, 1.165) is 12.8 Å². The smallest absolute Gasteiger partial charge is 0.357 e. The Kier molecular flexibility index (Phi) is 3.68. The third-order valence-electron chi connectivity index (χ3n) is 2.10. The first-order valence-corrected chi connectivity index (χ1v) is 5.79. The maximum absolute atomic E-state index is 10.8. The minimum absolute atomic E-state index is 0.0918. The number of aromatic nitrogens is 1. The first-order chi connectivity index (χ1) is 6.96. The van der Waals surface area contributed by atoms with E-state index in [-0.39, 0.29) is 11.2 Å². The Balaban J connectivity index is 2.80. The number of thiazole rings is 1. The van der Waals surface area contributed by atoms with Gasteiger partial charge >= 0.3 is 5.97 Å². The summed E-state index contributed by atoms with van der Waals surface area (Å²) in [6, 6.07) is 0. The molecule has 0 atom stereocenters. The zero-order chi connectivity index (χ0) is 11.5. The lowest BCUT2D eigenvalue weighted by Gasteiger charge is -2.26. The molecule has 5 heteroatoms. The van der Waals surface area contributed by atoms with Crippen LogP contribution in [0.25, 0.3) is 0 Å². The molecule has 0 aliphatic rings. The molecular formula is C10H16N2O2S. The number of nitrogens with zero attached hydrogens (tertiary/aromatic N) is 1. The molecule has 0 aliphatic carbocycles. The van der Waals surface area contributed by atoms with Gasteiger partial charge in [0.15, 0.2) is 5.69 Å². The minimum Gasteiger partial charge on any atom is -0.476 e. The van der Waals surface area contributed by atoms with Crippen LogP contribution in [0.2, 0.25) is 0 Å². The molecule has 1 aromatic heterocycles. The van der Waals surface area contributed by atoms with Crippen LogP contribution in [0, 0.1) is 0 Å². The van der Waals surface area contributed by atoms with E-state index < -0.39 is 5.97 Å². The van der Waals surface area contributed by atoms with E-state index in [1.807, 2.05) is 0 Å². The third-order valence-corrected chi connectivity index (χ3v) is 2.84. The second-order valence-electron chi connectivity index (χ2n) is 4.09. The standard InChI is InChI=1S/C10H16N2O2S/c1-4-5-10(2,3)12-8-7(9(13)14)11-6-15-8/h6,12H,4-5H2,1-3H3,(H,13,14). The van der Waals surface area contributed by atoms with Crippen molar-refractivity contribution in [3.05, 3.63) is 11.2 Å². The van der Waals surface area contributed by atoms with Crippen molar-refractivity contribution in [1.29, 1.82) is 0 Å². The fraction of sp³-hybridized carbons (Fsp3) is 0.600. The predicted octanol–water partition coefficient (Wildman–Crippen LogP) is 2.83. The van der Waals surface area contributed by atoms with Gasteiger partial charge in [-0.1, -0.05) is 13.3 Å². The third kappa shape index (κ3) is 3.20. The summed E-state index contributed by atoms with van der Waals surface area (Å²) >= 11 is 1.33. The van der Waals surface area contributed by atoms with Gasteiger partial charge in [0.05, 0.1) is 5.51 Å². The highest BCUT2D eigenvalue weighted by Crippen LogP contribution is 2.26. The Morgan fingerprint density at radius 2 is 2.33 bits per heavy atom. The molecule has 0 fully saturated rings. The zero-order valence-corrected chi connectivity index (χ0v) is 10.0. The van der Waals surface area contributed by atoms with E-state index >= 15 is 0 Å². The normalized spacial score (nSPS) is 11.4. The zero-order valence-electron chi connectivity index (χ0n) is 9.20. The molecule has 0 amide bonds. The molecule has 0 spiro atoms. The van der Waals surface area contributed by atoms with Gasteiger partial charge in [0, 0.05) is 5.54 Å². The number of hydrogen-bond acceptors (Lipinski definition) is 4. The Bertz CT molecular complexity index is 347. The van der Waals surface area contributed by atoms with Crippen LogP contribution in [0.5, 0.6) is 0 Å². The van der Waals surface area contributed by atoms with Crippen LogP contribution in [0.1, 0.15) is 44.1 Å². The number of carbonyl (C=O) groups is 1. The molecule has 0 bridgehead atoms. The van der Waals surface area contributed by atoms with Crippen LogP contribution in [0.3, 0.4) is 0 Å². The summed E-state index contributed by atoms with van der Waals surface area (Å²) in [5.74, 6) is -0.981. The Labute approximate surface area is 93.4 Å². The summed E-state index contributed by atoms with van der Waals surface area (Å²) in [6.45, 7) is 6.22. The molecule has 0 saturated heterocycles. The van der Waals surface area contributed by atoms with Crippen molar-refractivity contribution in [3.63, 3.8) is 0 Å². The Morgan fingerprint density at radius 3 is 2.87 bits per heavy atom. The topological polar surface area (TPSA) is 62.2 Å². The lowest BCUT2D eigenvalue weighted by molar-refractivity contribution is 0.0692. The molecule has 0 saturated carbocycles. The van der Waals surface area contributed by atoms with E-state index in [1.54, 1.807) is 5.51 Å². The number of anilines is 1. The first kappa shape index (κ1) is 12.0. The van der Waals surface area contributed by atoms with Gasteiger partial charge in [-0.15, -0.1) is 11.3 Å². The van der Waals surface area contributed by atoms with Crippen molar-refractivity contribution in [2.45, 2.75) is 39.2 Å². The highest BCUT2D eigenvalue weighted by Gasteiger charge is 2.21. The highest BCUT2D eigenvalue weighted by molar-refractivity contribution is 7.14. The SMILES string of the molecule is CCCC(C)(C)Nc1scnc1C(=O)O. The largest absolute Gasteiger partial charge is 0.476 e. The minimum atomic E-state index is -0.981. The molecule has 0 unspecified atom stereocenters. The van der Waals surface area contributed by atoms with Crippen molar-refractivity contribution >= 4 is 22.3 Å². The molecule has 4 nitrogen and oxygen atoms in total. The van der Waals surface area contributed by atoms with E-state index in [4.69, 9.17) is 5.11 Å². The van der Waals surface area contributed by atoms with E-state index in [0.29, 0.717) is 5.00 Å². The summed E-state index contributed by atoms with van der Waals surface area (Å²) in [5.41, 5.74) is 1.57. The second-order valence-corrected chi connectivity index (χ2v) is 4.95. The van der Waals surface area contributed by atoms with Crippen molar-refractivity contribution in [1.82, 2.24) is 4.98 Å². The van der Waals surface area contributed by atoms with Crippen LogP contribution >= 0.6 is 11.3 Å². The molecule has 0 aromatic carbocycles. The van der Waals surface area contributed by atoms with Crippen molar-refractivity contribution in [2.24, 2.45) is 0 Å². The van der Waals surface area contributed by atoms with Gasteiger partial charge in [-0.25, -0.2) is 9.78 Å². The summed E-state index contributed by atoms with van der Waals surface area (Å²) in [4.78, 5) is 14.6. The maximum atomic E-state index is 10.8. The fourth-order valence-electron chi connectivity index (χ4n) is 1.48. The average molecular weight is 228 g/mol. The van der Waals surface area contributed by atoms with Crippen molar-refractivity contribution in [3.8, 4) is 0 Å². The van der Waals surface area contributed by atoms with E-state index in [1.165, 1.54) is 11.3 Å². The molecule has 1 rings (SSSR count). The number of carboxylic acid groups (broad SMARTS) is 1. The van der Waals surface area contributed by atoms with E-state index in [9.17, 15) is 4.79 Å². The second kappa shape index (κ2) is 4.61. The van der Waals surface area contributed by atoms with Gasteiger partial charge < -0.3 is 10.4 Å². The molecule has 84 valence electrons. The average Bonchev–Trinajstić information content (AvgIpc) is 2.50. The van der Waals surface area contributed by atoms with Crippen LogP contribution < -0.4 is 5.32 Å². The number of hydrogen-bond donors (Lipinski definition) is 2. The molecular weight excluding hydrogens is 212 g/mol. The van der Waals surface area contributed by atoms with Crippen LogP contribution in [-0.2, 0) is 0 Å². The van der Waals surface area contributed by atoms with Crippen LogP contribution in [0.15, 0.2) is 5.51 Å². The van der Waals surface area contributed by atoms with Gasteiger partial charge in [0.2, 0.25) is 0 Å². The lowest BCUT2D eigenvalue weighted by Crippen LogP contribution is -2.30. The maximum Gasteiger partial charge on any atom is 0.357 e. The summed E-state index contributed by atoms with van der Waals surface area (Å²) in [7, 11) is 0. The summed E-state index contributed by atoms with van der Waals surface area (Å²) < 4.78 is 0. The highest BCUT2D eigenvalue weighted by atomic mass is 32.1. The number of rotatable bonds is 5. The number of aromatic carboxylic acids is 1. The first-order valence-electron chi connectivity index (χ1n) is 4.91. The molecule has 2 N–H and O–H groups in total. The van der Waals surface area contributed by atoms with Crippen LogP contribution in [0.4, 0.5) is 5.00 Å². The molecule has 0 aliphatic heterocycles. The van der Waals surface area contributed by atoms with Gasteiger partial charge in [-0.3, -0.25) is 0 Å². The number of nitrogens with one attached hydrogen (secondary N) is 1. The van der Waals surface area contributed by atoms with Gasteiger partial charge in [0.25, 0.3) is 0 Å². The Hall–Kier alpha value is -1.10. The number of carboxylic acids is 1. The summed E-state index contributed by atoms with van der Waals surface area (Å²) in [6.07, 6.45) is 2.05. The van der Waals surface area contributed by atoms with Crippen LogP contribution in [-0.4, -0.2) is 21.6 Å². The molecule has 0 radical (unpaired) electrons. The Morgan fingerprint density at radius 1 is 1.67 bits per heavy atom. The molecule has 1 heterocycles. The fourth-order valence-corrected chi connectivity index (χ4v) is 2.33. The van der Waals surface area contributed by atoms with Crippen molar-refractivity contribution < 1.29 is 9.90 Å². The van der Waals surface area contributed by atoms with Gasteiger partial charge in [0.1, 0.15) is 5.00 Å². The van der Waals surface area contributed by atoms with Gasteiger partial charge in [-0.2, -0.15) is 0 Å². The lowest BCUT2D eigenvalue weighted by atomic mass is 9.99. The molecule has 15 heavy (non-hydrogen) atoms. The molecule has 1 aromatic rings. The quantitative estimate of drug-likeness (QED) is 0.813. The van der Waals surface area contributed by atoms with Crippen molar-refractivity contribution in [2.75, 3.05) is 5.32 Å². The summed E-state index contributed by atoms with van der Waals surface area (Å²) in [5, 5.41) is 12.7. The van der Waals surface area contributed by atoms with Gasteiger partial charge in [-0.05, 0) is 20.3 Å². The monoisotopic (exact) mass is 228 g/mol. The van der Waals surface area contributed by atoms with E-state index in [2.05, 4.69) is 31.1 Å². The predicted molar refractivity (Wildman–Crippen MR) is 61.7 cm³/mol.